The number of nitrogens with one attached hydrogen (secondary N) is 2. The van der Waals surface area contributed by atoms with Gasteiger partial charge in [-0.05, 0) is 24.5 Å². The fraction of sp³-hybridized carbons (Fsp3) is 0.438. The third-order valence-corrected chi connectivity index (χ3v) is 3.59. The zero-order valence-electron chi connectivity index (χ0n) is 12.3. The van der Waals surface area contributed by atoms with E-state index in [1.54, 1.807) is 0 Å². The van der Waals surface area contributed by atoms with Gasteiger partial charge >= 0.3 is 0 Å². The van der Waals surface area contributed by atoms with Gasteiger partial charge in [0.25, 0.3) is 0 Å². The van der Waals surface area contributed by atoms with Crippen molar-refractivity contribution in [1.29, 1.82) is 0 Å². The number of carbonyl (C=O) groups excluding carboxylic acids is 1. The van der Waals surface area contributed by atoms with Gasteiger partial charge in [0.15, 0.2) is 0 Å². The average Bonchev–Trinajstić information content (AvgIpc) is 2.88. The number of hydrogen-bond acceptors (Lipinski definition) is 3. The number of rotatable bonds is 7. The third kappa shape index (κ3) is 4.06. The molecule has 5 heteroatoms. The minimum Gasteiger partial charge on any atom is -0.391 e. The third-order valence-electron chi connectivity index (χ3n) is 3.59. The molecule has 0 fully saturated rings. The smallest absolute Gasteiger partial charge is 0.237 e. The van der Waals surface area contributed by atoms with Gasteiger partial charge in [0.2, 0.25) is 5.91 Å². The van der Waals surface area contributed by atoms with Crippen molar-refractivity contribution in [1.82, 2.24) is 10.3 Å². The lowest BCUT2D eigenvalue weighted by Crippen LogP contribution is -2.44. The second kappa shape index (κ2) is 7.24. The predicted octanol–water partition coefficient (Wildman–Crippen LogP) is 1.31. The number of carbonyl (C=O) groups is 1. The highest BCUT2D eigenvalue weighted by Crippen LogP contribution is 2.18. The molecule has 0 saturated heterocycles. The number of fused-ring (bicyclic) bond motifs is 1. The SMILES string of the molecule is CCCC(O)CNC(=O)C(N)Cc1c[nH]c2ccccc12. The number of aliphatic hydroxyl groups excluding tert-OH is 1. The van der Waals surface area contributed by atoms with Gasteiger partial charge in [-0.25, -0.2) is 0 Å². The van der Waals surface area contributed by atoms with Crippen LogP contribution in [-0.4, -0.2) is 34.7 Å². The molecule has 0 bridgehead atoms. The molecule has 1 heterocycles. The largest absolute Gasteiger partial charge is 0.391 e. The van der Waals surface area contributed by atoms with E-state index in [-0.39, 0.29) is 12.5 Å². The molecule has 5 N–H and O–H groups in total. The quantitative estimate of drug-likeness (QED) is 0.619. The van der Waals surface area contributed by atoms with E-state index < -0.39 is 12.1 Å². The fourth-order valence-electron chi connectivity index (χ4n) is 2.41. The van der Waals surface area contributed by atoms with Crippen LogP contribution in [0.4, 0.5) is 0 Å². The lowest BCUT2D eigenvalue weighted by Gasteiger charge is -2.14. The maximum atomic E-state index is 12.0. The zero-order valence-corrected chi connectivity index (χ0v) is 12.3. The Morgan fingerprint density at radius 1 is 1.43 bits per heavy atom. The number of amides is 1. The maximum Gasteiger partial charge on any atom is 0.237 e. The molecular weight excluding hydrogens is 266 g/mol. The Hall–Kier alpha value is -1.85. The Balaban J connectivity index is 1.91. The molecule has 0 aliphatic rings. The van der Waals surface area contributed by atoms with E-state index in [9.17, 15) is 9.90 Å². The normalized spacial score (nSPS) is 14.0. The van der Waals surface area contributed by atoms with Gasteiger partial charge in [0.1, 0.15) is 0 Å². The van der Waals surface area contributed by atoms with Crippen LogP contribution in [0, 0.1) is 0 Å². The van der Waals surface area contributed by atoms with Crippen molar-refractivity contribution in [3.63, 3.8) is 0 Å². The van der Waals surface area contributed by atoms with Gasteiger partial charge in [-0.3, -0.25) is 4.79 Å². The molecule has 2 rings (SSSR count). The van der Waals surface area contributed by atoms with Gasteiger partial charge in [0, 0.05) is 23.6 Å². The Morgan fingerprint density at radius 3 is 2.95 bits per heavy atom. The van der Waals surface area contributed by atoms with Crippen LogP contribution in [0.5, 0.6) is 0 Å². The van der Waals surface area contributed by atoms with Gasteiger partial charge < -0.3 is 21.1 Å². The average molecular weight is 289 g/mol. The van der Waals surface area contributed by atoms with Crippen LogP contribution in [0.2, 0.25) is 0 Å². The van der Waals surface area contributed by atoms with E-state index in [1.807, 2.05) is 37.4 Å². The standard InChI is InChI=1S/C16H23N3O2/c1-2-5-12(20)10-19-16(21)14(17)8-11-9-18-15-7-4-3-6-13(11)15/h3-4,6-7,9,12,14,18,20H,2,5,8,10,17H2,1H3,(H,19,21). The lowest BCUT2D eigenvalue weighted by molar-refractivity contribution is -0.122. The van der Waals surface area contributed by atoms with Crippen molar-refractivity contribution in [2.75, 3.05) is 6.54 Å². The maximum absolute atomic E-state index is 12.0. The number of nitrogens with two attached hydrogens (primary N) is 1. The first-order valence-corrected chi connectivity index (χ1v) is 7.38. The van der Waals surface area contributed by atoms with Gasteiger partial charge in [-0.1, -0.05) is 31.5 Å². The van der Waals surface area contributed by atoms with Gasteiger partial charge in [-0.2, -0.15) is 0 Å². The number of aliphatic hydroxyl groups is 1. The summed E-state index contributed by atoms with van der Waals surface area (Å²) in [5.74, 6) is -0.226. The van der Waals surface area contributed by atoms with Crippen molar-refractivity contribution >= 4 is 16.8 Å². The molecule has 1 amide bonds. The number of benzene rings is 1. The van der Waals surface area contributed by atoms with Crippen molar-refractivity contribution in [2.24, 2.45) is 5.73 Å². The van der Waals surface area contributed by atoms with Crippen molar-refractivity contribution in [3.05, 3.63) is 36.0 Å². The molecule has 5 nitrogen and oxygen atoms in total. The molecule has 2 atom stereocenters. The molecule has 0 aliphatic carbocycles. The zero-order chi connectivity index (χ0) is 15.2. The Morgan fingerprint density at radius 2 is 2.19 bits per heavy atom. The Bertz CT molecular complexity index is 594. The Labute approximate surface area is 124 Å². The first-order chi connectivity index (χ1) is 10.1. The molecule has 0 spiro atoms. The molecule has 21 heavy (non-hydrogen) atoms. The first-order valence-electron chi connectivity index (χ1n) is 7.38. The van der Waals surface area contributed by atoms with E-state index >= 15 is 0 Å². The molecule has 0 saturated carbocycles. The van der Waals surface area contributed by atoms with Crippen LogP contribution in [0.15, 0.2) is 30.5 Å². The Kier molecular flexibility index (Phi) is 5.36. The number of hydrogen-bond donors (Lipinski definition) is 4. The van der Waals surface area contributed by atoms with Crippen LogP contribution in [0.3, 0.4) is 0 Å². The summed E-state index contributed by atoms with van der Waals surface area (Å²) in [6, 6.07) is 7.32. The fourth-order valence-corrected chi connectivity index (χ4v) is 2.41. The van der Waals surface area contributed by atoms with E-state index in [4.69, 9.17) is 5.73 Å². The number of H-pyrrole nitrogens is 1. The molecule has 2 unspecified atom stereocenters. The van der Waals surface area contributed by atoms with Crippen LogP contribution >= 0.6 is 0 Å². The highest BCUT2D eigenvalue weighted by Gasteiger charge is 2.16. The van der Waals surface area contributed by atoms with Gasteiger partial charge in [0.05, 0.1) is 12.1 Å². The summed E-state index contributed by atoms with van der Waals surface area (Å²) in [6.45, 7) is 2.25. The van der Waals surface area contributed by atoms with Crippen LogP contribution < -0.4 is 11.1 Å². The highest BCUT2D eigenvalue weighted by atomic mass is 16.3. The summed E-state index contributed by atoms with van der Waals surface area (Å²) in [7, 11) is 0. The molecule has 0 radical (unpaired) electrons. The van der Waals surface area contributed by atoms with Crippen molar-refractivity contribution < 1.29 is 9.90 Å². The summed E-state index contributed by atoms with van der Waals surface area (Å²) in [5.41, 5.74) is 8.02. The first kappa shape index (κ1) is 15.5. The molecule has 0 aliphatic heterocycles. The monoisotopic (exact) mass is 289 g/mol. The van der Waals surface area contributed by atoms with Crippen LogP contribution in [0.25, 0.3) is 10.9 Å². The topological polar surface area (TPSA) is 91.1 Å². The summed E-state index contributed by atoms with van der Waals surface area (Å²) < 4.78 is 0. The number of aromatic nitrogens is 1. The van der Waals surface area contributed by atoms with E-state index in [2.05, 4.69) is 10.3 Å². The van der Waals surface area contributed by atoms with Gasteiger partial charge in [-0.15, -0.1) is 0 Å². The van der Waals surface area contributed by atoms with Crippen molar-refractivity contribution in [3.8, 4) is 0 Å². The van der Waals surface area contributed by atoms with E-state index in [0.29, 0.717) is 12.8 Å². The van der Waals surface area contributed by atoms with E-state index in [1.165, 1.54) is 0 Å². The van der Waals surface area contributed by atoms with E-state index in [0.717, 1.165) is 22.9 Å². The summed E-state index contributed by atoms with van der Waals surface area (Å²) in [6.07, 6.45) is 3.43. The molecule has 1 aromatic heterocycles. The lowest BCUT2D eigenvalue weighted by atomic mass is 10.0. The second-order valence-corrected chi connectivity index (χ2v) is 5.36. The summed E-state index contributed by atoms with van der Waals surface area (Å²) in [5, 5.41) is 13.4. The minimum atomic E-state index is -0.613. The van der Waals surface area contributed by atoms with Crippen molar-refractivity contribution in [2.45, 2.75) is 38.3 Å². The second-order valence-electron chi connectivity index (χ2n) is 5.36. The molecular formula is C16H23N3O2. The summed E-state index contributed by atoms with van der Waals surface area (Å²) in [4.78, 5) is 15.1. The summed E-state index contributed by atoms with van der Waals surface area (Å²) >= 11 is 0. The molecule has 2 aromatic rings. The molecule has 114 valence electrons. The predicted molar refractivity (Wildman–Crippen MR) is 83.9 cm³/mol. The highest BCUT2D eigenvalue weighted by molar-refractivity contribution is 5.86. The van der Waals surface area contributed by atoms with Crippen LogP contribution in [-0.2, 0) is 11.2 Å². The molecule has 1 aromatic carbocycles. The minimum absolute atomic E-state index is 0.226. The number of para-hydroxylation sites is 1. The number of aromatic amines is 1. The van der Waals surface area contributed by atoms with Crippen LogP contribution in [0.1, 0.15) is 25.3 Å².